The first-order valence-corrected chi connectivity index (χ1v) is 11.7. The summed E-state index contributed by atoms with van der Waals surface area (Å²) in [6, 6.07) is 7.94. The Morgan fingerprint density at radius 2 is 1.69 bits per heavy atom. The lowest BCUT2D eigenvalue weighted by Crippen LogP contribution is -2.43. The van der Waals surface area contributed by atoms with Gasteiger partial charge in [-0.2, -0.15) is 10.3 Å². The lowest BCUT2D eigenvalue weighted by Gasteiger charge is -2.38. The van der Waals surface area contributed by atoms with E-state index in [9.17, 15) is 0 Å². The first-order valence-electron chi connectivity index (χ1n) is 9.51. The Labute approximate surface area is 158 Å². The maximum atomic E-state index is 5.89. The van der Waals surface area contributed by atoms with Crippen molar-refractivity contribution in [2.45, 2.75) is 71.5 Å². The molecule has 0 aliphatic rings. The van der Waals surface area contributed by atoms with Crippen molar-refractivity contribution < 1.29 is 4.74 Å². The highest BCUT2D eigenvalue weighted by atomic mass is 28.3. The van der Waals surface area contributed by atoms with E-state index in [2.05, 4.69) is 68.4 Å². The Bertz CT molecular complexity index is 762. The summed E-state index contributed by atoms with van der Waals surface area (Å²) in [6.07, 6.45) is 0.774. The van der Waals surface area contributed by atoms with Crippen LogP contribution in [0, 0.1) is 11.5 Å². The number of hydrogen-bond donors (Lipinski definition) is 1. The number of benzene rings is 1. The minimum Gasteiger partial charge on any atom is -0.436 e. The highest BCUT2D eigenvalue weighted by Crippen LogP contribution is 2.40. The molecule has 0 aliphatic carbocycles. The molecule has 26 heavy (non-hydrogen) atoms. The summed E-state index contributed by atoms with van der Waals surface area (Å²) in [4.78, 5) is 0. The molecule has 1 N–H and O–H groups in total. The largest absolute Gasteiger partial charge is 0.436 e. The fourth-order valence-electron chi connectivity index (χ4n) is 3.92. The first-order chi connectivity index (χ1) is 12.3. The molecule has 0 amide bonds. The van der Waals surface area contributed by atoms with E-state index in [0.29, 0.717) is 22.5 Å². The van der Waals surface area contributed by atoms with E-state index in [0.717, 1.165) is 23.4 Å². The summed E-state index contributed by atoms with van der Waals surface area (Å²) >= 11 is 0. The van der Waals surface area contributed by atoms with E-state index in [1.807, 2.05) is 31.2 Å². The fraction of sp³-hybridized carbons (Fsp3) is 0.524. The molecule has 4 nitrogen and oxygen atoms in total. The summed E-state index contributed by atoms with van der Waals surface area (Å²) in [5.74, 6) is 4.74. The van der Waals surface area contributed by atoms with Crippen molar-refractivity contribution >= 4 is 8.07 Å². The summed E-state index contributed by atoms with van der Waals surface area (Å²) in [5, 5.41) is 10.8. The van der Waals surface area contributed by atoms with Gasteiger partial charge in [0.1, 0.15) is 19.5 Å². The zero-order valence-electron chi connectivity index (χ0n) is 17.1. The number of nitrogens with one attached hydrogen (secondary N) is 1. The van der Waals surface area contributed by atoms with Crippen molar-refractivity contribution in [3.63, 3.8) is 0 Å². The number of aromatic nitrogens is 3. The number of nitrogens with zero attached hydrogens (tertiary/aromatic N) is 2. The Morgan fingerprint density at radius 1 is 1.04 bits per heavy atom. The zero-order chi connectivity index (χ0) is 19.3. The maximum absolute atomic E-state index is 5.89. The number of hydrogen-bond acceptors (Lipinski definition) is 3. The third-order valence-corrected chi connectivity index (χ3v) is 11.5. The summed E-state index contributed by atoms with van der Waals surface area (Å²) < 4.78 is 5.89. The summed E-state index contributed by atoms with van der Waals surface area (Å²) in [7, 11) is -1.74. The van der Waals surface area contributed by atoms with Crippen molar-refractivity contribution in [1.29, 1.82) is 0 Å². The summed E-state index contributed by atoms with van der Waals surface area (Å²) in [6.45, 7) is 16.0. The van der Waals surface area contributed by atoms with E-state index in [4.69, 9.17) is 4.74 Å². The minimum atomic E-state index is -1.74. The highest BCUT2D eigenvalue weighted by Gasteiger charge is 2.41. The van der Waals surface area contributed by atoms with Gasteiger partial charge in [0.15, 0.2) is 0 Å². The number of aromatic amines is 1. The second-order valence-electron chi connectivity index (χ2n) is 7.71. The molecule has 2 aromatic rings. The van der Waals surface area contributed by atoms with Crippen molar-refractivity contribution in [1.82, 2.24) is 15.4 Å². The van der Waals surface area contributed by atoms with Crippen LogP contribution in [-0.4, -0.2) is 23.5 Å². The topological polar surface area (TPSA) is 50.8 Å². The van der Waals surface area contributed by atoms with Crippen LogP contribution in [0.1, 0.15) is 59.7 Å². The number of ether oxygens (including phenoxy) is 1. The molecule has 0 atom stereocenters. The molecular formula is C21H31N3OSi. The highest BCUT2D eigenvalue weighted by molar-refractivity contribution is 6.90. The number of H-pyrrole nitrogens is 1. The molecule has 1 aromatic carbocycles. The number of aryl methyl sites for hydroxylation is 1. The molecule has 0 aliphatic heterocycles. The van der Waals surface area contributed by atoms with Crippen molar-refractivity contribution in [2.75, 3.05) is 0 Å². The molecule has 0 radical (unpaired) electrons. The molecule has 0 saturated carbocycles. The smallest absolute Gasteiger partial charge is 0.261 e. The van der Waals surface area contributed by atoms with Gasteiger partial charge in [-0.3, -0.25) is 0 Å². The Kier molecular flexibility index (Phi) is 6.66. The van der Waals surface area contributed by atoms with Crippen LogP contribution >= 0.6 is 0 Å². The van der Waals surface area contributed by atoms with Gasteiger partial charge in [-0.05, 0) is 41.2 Å². The molecular weight excluding hydrogens is 338 g/mol. The van der Waals surface area contributed by atoms with E-state index < -0.39 is 8.07 Å². The van der Waals surface area contributed by atoms with Gasteiger partial charge in [-0.25, -0.2) is 0 Å². The van der Waals surface area contributed by atoms with E-state index in [-0.39, 0.29) is 0 Å². The van der Waals surface area contributed by atoms with Crippen LogP contribution in [0.3, 0.4) is 0 Å². The fourth-order valence-corrected chi connectivity index (χ4v) is 9.14. The predicted molar refractivity (Wildman–Crippen MR) is 110 cm³/mol. The molecule has 0 fully saturated rings. The quantitative estimate of drug-likeness (QED) is 0.522. The van der Waals surface area contributed by atoms with Gasteiger partial charge in [0, 0.05) is 5.56 Å². The van der Waals surface area contributed by atoms with Crippen LogP contribution in [0.4, 0.5) is 0 Å². The predicted octanol–water partition coefficient (Wildman–Crippen LogP) is 5.73. The van der Waals surface area contributed by atoms with Crippen molar-refractivity contribution in [2.24, 2.45) is 0 Å². The lowest BCUT2D eigenvalue weighted by atomic mass is 10.2. The second-order valence-corrected chi connectivity index (χ2v) is 13.3. The van der Waals surface area contributed by atoms with Gasteiger partial charge in [0.05, 0.1) is 0 Å². The average Bonchev–Trinajstić information content (AvgIpc) is 3.02. The zero-order valence-corrected chi connectivity index (χ0v) is 18.1. The normalized spacial score (nSPS) is 11.8. The number of rotatable bonds is 6. The van der Waals surface area contributed by atoms with Crippen molar-refractivity contribution in [3.05, 3.63) is 35.5 Å². The molecule has 0 unspecified atom stereocenters. The minimum absolute atomic E-state index is 0.535. The van der Waals surface area contributed by atoms with Crippen LogP contribution in [0.5, 0.6) is 11.6 Å². The summed E-state index contributed by atoms with van der Waals surface area (Å²) in [5.41, 5.74) is 7.44. The van der Waals surface area contributed by atoms with Crippen LogP contribution < -0.4 is 4.74 Å². The molecule has 1 aromatic heterocycles. The monoisotopic (exact) mass is 369 g/mol. The third-order valence-electron chi connectivity index (χ3n) is 5.26. The van der Waals surface area contributed by atoms with Crippen LogP contribution in [0.15, 0.2) is 24.3 Å². The molecule has 0 spiro atoms. The molecule has 1 heterocycles. The molecule has 5 heteroatoms. The van der Waals surface area contributed by atoms with Gasteiger partial charge in [-0.1, -0.05) is 60.5 Å². The van der Waals surface area contributed by atoms with Crippen molar-refractivity contribution in [3.8, 4) is 23.1 Å². The molecule has 0 bridgehead atoms. The van der Waals surface area contributed by atoms with Crippen LogP contribution in [-0.2, 0) is 6.42 Å². The second kappa shape index (κ2) is 8.55. The van der Waals surface area contributed by atoms with Gasteiger partial charge in [0.2, 0.25) is 0 Å². The van der Waals surface area contributed by atoms with E-state index >= 15 is 0 Å². The van der Waals surface area contributed by atoms with Gasteiger partial charge in [-0.15, -0.1) is 10.6 Å². The molecule has 140 valence electrons. The molecule has 2 rings (SSSR count). The van der Waals surface area contributed by atoms with Gasteiger partial charge < -0.3 is 4.74 Å². The Balaban J connectivity index is 2.32. The standard InChI is InChI=1S/C21H31N3OSi/c1-8-20-21(23-24-22-20)25-19-11-9-10-18(14-19)12-13-26(15(2)3,16(4)5)17(6)7/h9-11,14-17H,8H2,1-7H3,(H,22,23,24). The maximum Gasteiger partial charge on any atom is 0.261 e. The Morgan fingerprint density at radius 3 is 2.27 bits per heavy atom. The van der Waals surface area contributed by atoms with Gasteiger partial charge >= 0.3 is 0 Å². The van der Waals surface area contributed by atoms with E-state index in [1.165, 1.54) is 0 Å². The van der Waals surface area contributed by atoms with Crippen LogP contribution in [0.25, 0.3) is 0 Å². The Hall–Kier alpha value is -2.06. The first kappa shape index (κ1) is 20.3. The SMILES string of the molecule is CCc1n[nH]nc1Oc1cccc(C#C[Si](C(C)C)(C(C)C)C(C)C)c1. The molecule has 0 saturated heterocycles. The van der Waals surface area contributed by atoms with Gasteiger partial charge in [0.25, 0.3) is 5.88 Å². The average molecular weight is 370 g/mol. The lowest BCUT2D eigenvalue weighted by molar-refractivity contribution is 0.456. The van der Waals surface area contributed by atoms with Crippen LogP contribution in [0.2, 0.25) is 16.6 Å². The van der Waals surface area contributed by atoms with E-state index in [1.54, 1.807) is 0 Å². The third kappa shape index (κ3) is 4.18.